The zero-order chi connectivity index (χ0) is 9.68. The van der Waals surface area contributed by atoms with Crippen LogP contribution < -0.4 is 5.32 Å². The monoisotopic (exact) mass is 196 g/mol. The van der Waals surface area contributed by atoms with Gasteiger partial charge in [0, 0.05) is 29.9 Å². The number of nitrogens with one attached hydrogen (secondary N) is 1. The van der Waals surface area contributed by atoms with E-state index in [4.69, 9.17) is 0 Å². The first-order valence-corrected chi connectivity index (χ1v) is 5.70. The Morgan fingerprint density at radius 1 is 1.62 bits per heavy atom. The fourth-order valence-electron chi connectivity index (χ4n) is 1.01. The summed E-state index contributed by atoms with van der Waals surface area (Å²) in [5.41, 5.74) is 2.40. The fourth-order valence-corrected chi connectivity index (χ4v) is 1.26. The molecule has 1 N–H and O–H groups in total. The summed E-state index contributed by atoms with van der Waals surface area (Å²) in [6, 6.07) is 2.02. The van der Waals surface area contributed by atoms with E-state index < -0.39 is 0 Å². The number of hydrogen-bond donors (Lipinski definition) is 1. The molecule has 0 aliphatic carbocycles. The fraction of sp³-hybridized carbons (Fsp3) is 0.500. The SMILES string of the molecule is CSC(C)CNc1ccncc1C. The average Bonchev–Trinajstić information content (AvgIpc) is 2.16. The molecule has 0 radical (unpaired) electrons. The van der Waals surface area contributed by atoms with E-state index in [1.807, 2.05) is 30.2 Å². The summed E-state index contributed by atoms with van der Waals surface area (Å²) in [5.74, 6) is 0. The number of aromatic nitrogens is 1. The first-order valence-electron chi connectivity index (χ1n) is 4.41. The molecule has 0 aliphatic heterocycles. The summed E-state index contributed by atoms with van der Waals surface area (Å²) in [6.07, 6.45) is 5.83. The number of pyridine rings is 1. The van der Waals surface area contributed by atoms with Crippen molar-refractivity contribution in [3.63, 3.8) is 0 Å². The normalized spacial score (nSPS) is 12.5. The molecular formula is C10H16N2S. The van der Waals surface area contributed by atoms with Crippen LogP contribution in [-0.2, 0) is 0 Å². The summed E-state index contributed by atoms with van der Waals surface area (Å²) in [7, 11) is 0. The van der Waals surface area contributed by atoms with E-state index in [1.165, 1.54) is 11.3 Å². The first-order chi connectivity index (χ1) is 6.24. The molecule has 1 atom stereocenters. The number of anilines is 1. The van der Waals surface area contributed by atoms with Crippen molar-refractivity contribution >= 4 is 17.4 Å². The van der Waals surface area contributed by atoms with Crippen molar-refractivity contribution in [2.75, 3.05) is 18.1 Å². The molecule has 1 unspecified atom stereocenters. The second-order valence-corrected chi connectivity index (χ2v) is 4.39. The van der Waals surface area contributed by atoms with Crippen LogP contribution in [0.5, 0.6) is 0 Å². The number of thioether (sulfide) groups is 1. The number of nitrogens with zero attached hydrogens (tertiary/aromatic N) is 1. The predicted molar refractivity (Wildman–Crippen MR) is 60.4 cm³/mol. The molecule has 72 valence electrons. The van der Waals surface area contributed by atoms with Gasteiger partial charge in [-0.2, -0.15) is 11.8 Å². The Balaban J connectivity index is 2.50. The zero-order valence-electron chi connectivity index (χ0n) is 8.37. The third-order valence-corrected chi connectivity index (χ3v) is 2.97. The highest BCUT2D eigenvalue weighted by Crippen LogP contribution is 2.13. The van der Waals surface area contributed by atoms with Gasteiger partial charge in [0.15, 0.2) is 0 Å². The molecule has 0 fully saturated rings. The van der Waals surface area contributed by atoms with Gasteiger partial charge in [-0.3, -0.25) is 4.98 Å². The third-order valence-electron chi connectivity index (χ3n) is 2.00. The van der Waals surface area contributed by atoms with Crippen LogP contribution in [0.15, 0.2) is 18.5 Å². The van der Waals surface area contributed by atoms with Crippen LogP contribution in [0.3, 0.4) is 0 Å². The molecule has 1 heterocycles. The van der Waals surface area contributed by atoms with Crippen LogP contribution in [0, 0.1) is 6.92 Å². The van der Waals surface area contributed by atoms with Crippen LogP contribution >= 0.6 is 11.8 Å². The lowest BCUT2D eigenvalue weighted by Gasteiger charge is -2.12. The van der Waals surface area contributed by atoms with E-state index in [2.05, 4.69) is 30.4 Å². The minimum absolute atomic E-state index is 0.646. The molecule has 0 saturated carbocycles. The average molecular weight is 196 g/mol. The minimum Gasteiger partial charge on any atom is -0.384 e. The van der Waals surface area contributed by atoms with Crippen LogP contribution in [0.2, 0.25) is 0 Å². The quantitative estimate of drug-likeness (QED) is 0.801. The lowest BCUT2D eigenvalue weighted by molar-refractivity contribution is 0.999. The molecule has 2 nitrogen and oxygen atoms in total. The maximum atomic E-state index is 4.05. The molecule has 0 saturated heterocycles. The highest BCUT2D eigenvalue weighted by atomic mass is 32.2. The Labute approximate surface area is 84.1 Å². The molecule has 3 heteroatoms. The zero-order valence-corrected chi connectivity index (χ0v) is 9.19. The van der Waals surface area contributed by atoms with Gasteiger partial charge in [-0.15, -0.1) is 0 Å². The van der Waals surface area contributed by atoms with Crippen molar-refractivity contribution in [2.45, 2.75) is 19.1 Å². The van der Waals surface area contributed by atoms with Crippen LogP contribution in [0.4, 0.5) is 5.69 Å². The maximum absolute atomic E-state index is 4.05. The molecule has 1 rings (SSSR count). The predicted octanol–water partition coefficient (Wildman–Crippen LogP) is 2.55. The van der Waals surface area contributed by atoms with Crippen molar-refractivity contribution in [1.29, 1.82) is 0 Å². The molecule has 1 aromatic heterocycles. The van der Waals surface area contributed by atoms with Crippen LogP contribution in [-0.4, -0.2) is 23.0 Å². The van der Waals surface area contributed by atoms with Crippen molar-refractivity contribution in [1.82, 2.24) is 4.98 Å². The summed E-state index contributed by atoms with van der Waals surface area (Å²) in [6.45, 7) is 5.29. The Hall–Kier alpha value is -0.700. The largest absolute Gasteiger partial charge is 0.384 e. The summed E-state index contributed by atoms with van der Waals surface area (Å²) < 4.78 is 0. The van der Waals surface area contributed by atoms with Crippen molar-refractivity contribution in [3.8, 4) is 0 Å². The van der Waals surface area contributed by atoms with Crippen molar-refractivity contribution < 1.29 is 0 Å². The molecule has 0 amide bonds. The molecule has 0 bridgehead atoms. The Bertz CT molecular complexity index is 263. The molecule has 1 aromatic rings. The van der Waals surface area contributed by atoms with Gasteiger partial charge >= 0.3 is 0 Å². The topological polar surface area (TPSA) is 24.9 Å². The Morgan fingerprint density at radius 3 is 3.00 bits per heavy atom. The first kappa shape index (κ1) is 10.4. The van der Waals surface area contributed by atoms with E-state index in [-0.39, 0.29) is 0 Å². The highest BCUT2D eigenvalue weighted by Gasteiger charge is 2.00. The van der Waals surface area contributed by atoms with Gasteiger partial charge in [0.1, 0.15) is 0 Å². The second kappa shape index (κ2) is 5.12. The van der Waals surface area contributed by atoms with Gasteiger partial charge in [0.2, 0.25) is 0 Å². The smallest absolute Gasteiger partial charge is 0.0401 e. The summed E-state index contributed by atoms with van der Waals surface area (Å²) >= 11 is 1.87. The number of aryl methyl sites for hydroxylation is 1. The van der Waals surface area contributed by atoms with Gasteiger partial charge in [0.25, 0.3) is 0 Å². The van der Waals surface area contributed by atoms with Crippen LogP contribution in [0.25, 0.3) is 0 Å². The van der Waals surface area contributed by atoms with Gasteiger partial charge in [-0.25, -0.2) is 0 Å². The summed E-state index contributed by atoms with van der Waals surface area (Å²) in [4.78, 5) is 4.05. The molecular weight excluding hydrogens is 180 g/mol. The molecule has 13 heavy (non-hydrogen) atoms. The Kier molecular flexibility index (Phi) is 4.09. The minimum atomic E-state index is 0.646. The van der Waals surface area contributed by atoms with Gasteiger partial charge in [0.05, 0.1) is 0 Å². The summed E-state index contributed by atoms with van der Waals surface area (Å²) in [5, 5.41) is 4.05. The Morgan fingerprint density at radius 2 is 2.38 bits per heavy atom. The standard InChI is InChI=1S/C10H16N2S/c1-8-6-11-5-4-10(8)12-7-9(2)13-3/h4-6,9H,7H2,1-3H3,(H,11,12). The van der Waals surface area contributed by atoms with Gasteiger partial charge in [-0.05, 0) is 24.8 Å². The van der Waals surface area contributed by atoms with Gasteiger partial charge < -0.3 is 5.32 Å². The lowest BCUT2D eigenvalue weighted by Crippen LogP contribution is -2.13. The second-order valence-electron chi connectivity index (χ2n) is 3.12. The number of hydrogen-bond acceptors (Lipinski definition) is 3. The van der Waals surface area contributed by atoms with Gasteiger partial charge in [-0.1, -0.05) is 6.92 Å². The van der Waals surface area contributed by atoms with E-state index in [0.717, 1.165) is 6.54 Å². The van der Waals surface area contributed by atoms with Crippen molar-refractivity contribution in [2.24, 2.45) is 0 Å². The van der Waals surface area contributed by atoms with Crippen LogP contribution in [0.1, 0.15) is 12.5 Å². The van der Waals surface area contributed by atoms with E-state index >= 15 is 0 Å². The maximum Gasteiger partial charge on any atom is 0.0401 e. The van der Waals surface area contributed by atoms with Crippen molar-refractivity contribution in [3.05, 3.63) is 24.0 Å². The van der Waals surface area contributed by atoms with E-state index in [9.17, 15) is 0 Å². The highest BCUT2D eigenvalue weighted by molar-refractivity contribution is 7.99. The lowest BCUT2D eigenvalue weighted by atomic mass is 10.2. The number of rotatable bonds is 4. The molecule has 0 spiro atoms. The van der Waals surface area contributed by atoms with E-state index in [1.54, 1.807) is 0 Å². The molecule has 0 aromatic carbocycles. The third kappa shape index (κ3) is 3.27. The molecule has 0 aliphatic rings. The van der Waals surface area contributed by atoms with E-state index in [0.29, 0.717) is 5.25 Å².